The van der Waals surface area contributed by atoms with Gasteiger partial charge in [0.15, 0.2) is 0 Å². The van der Waals surface area contributed by atoms with Crippen LogP contribution in [-0.2, 0) is 0 Å². The van der Waals surface area contributed by atoms with E-state index in [1.54, 1.807) is 6.08 Å². The lowest BCUT2D eigenvalue weighted by atomic mass is 10.3. The Balaban J connectivity index is 0.000000371. The smallest absolute Gasteiger partial charge is 0.126 e. The summed E-state index contributed by atoms with van der Waals surface area (Å²) in [6, 6.07) is 0. The van der Waals surface area contributed by atoms with Gasteiger partial charge in [0.05, 0.1) is 0 Å². The molecule has 1 aliphatic heterocycles. The maximum Gasteiger partial charge on any atom is 0.126 e. The average Bonchev–Trinajstić information content (AvgIpc) is 2.00. The minimum atomic E-state index is 0.510. The lowest BCUT2D eigenvalue weighted by molar-refractivity contribution is -0.0104. The molecule has 0 aromatic rings. The highest BCUT2D eigenvalue weighted by atomic mass is 32.1. The molecule has 10 heavy (non-hydrogen) atoms. The Labute approximate surface area is 66.4 Å². The van der Waals surface area contributed by atoms with Crippen LogP contribution in [0.2, 0.25) is 0 Å². The molecule has 3 heteroatoms. The molecule has 0 saturated carbocycles. The van der Waals surface area contributed by atoms with E-state index in [2.05, 4.69) is 13.2 Å². The fourth-order valence-electron chi connectivity index (χ4n) is 0.577. The number of hydroxylamine groups is 2. The summed E-state index contributed by atoms with van der Waals surface area (Å²) in [6.45, 7) is 6.63. The number of rotatable bonds is 0. The summed E-state index contributed by atoms with van der Waals surface area (Å²) < 4.78 is 0. The summed E-state index contributed by atoms with van der Waals surface area (Å²) in [7, 11) is 0. The molecule has 0 amide bonds. The highest BCUT2D eigenvalue weighted by molar-refractivity contribution is 7.80. The van der Waals surface area contributed by atoms with Crippen LogP contribution in [0.5, 0.6) is 0 Å². The first-order valence-electron chi connectivity index (χ1n) is 2.97. The van der Waals surface area contributed by atoms with Crippen LogP contribution in [-0.4, -0.2) is 21.8 Å². The molecule has 0 fully saturated rings. The Morgan fingerprint density at radius 1 is 1.60 bits per heavy atom. The van der Waals surface area contributed by atoms with Gasteiger partial charge in [-0.15, -0.1) is 13.2 Å². The van der Waals surface area contributed by atoms with Crippen molar-refractivity contribution in [2.24, 2.45) is 0 Å². The molecule has 0 aromatic heterocycles. The van der Waals surface area contributed by atoms with E-state index < -0.39 is 0 Å². The third kappa shape index (κ3) is 2.75. The minimum Gasteiger partial charge on any atom is -0.288 e. The molecule has 0 saturated heterocycles. The van der Waals surface area contributed by atoms with Gasteiger partial charge in [-0.2, -0.15) is 0 Å². The second-order valence-corrected chi connectivity index (χ2v) is 2.07. The fraction of sp³-hybridized carbons (Fsp3) is 0.286. The Hall–Kier alpha value is -0.670. The maximum atomic E-state index is 8.82. The first-order chi connectivity index (χ1) is 4.80. The highest BCUT2D eigenvalue weighted by Gasteiger charge is 2.04. The third-order valence-electron chi connectivity index (χ3n) is 1.02. The first-order valence-corrected chi connectivity index (χ1v) is 3.38. The molecule has 0 radical (unpaired) electrons. The van der Waals surface area contributed by atoms with E-state index >= 15 is 0 Å². The predicted octanol–water partition coefficient (Wildman–Crippen LogP) is 1.77. The predicted molar refractivity (Wildman–Crippen MR) is 46.1 cm³/mol. The second kappa shape index (κ2) is 5.14. The van der Waals surface area contributed by atoms with Gasteiger partial charge in [0.2, 0.25) is 0 Å². The molecule has 0 bridgehead atoms. The van der Waals surface area contributed by atoms with Crippen molar-refractivity contribution in [1.82, 2.24) is 5.06 Å². The summed E-state index contributed by atoms with van der Waals surface area (Å²) in [5, 5.41) is 9.90. The zero-order valence-corrected chi connectivity index (χ0v) is 6.60. The van der Waals surface area contributed by atoms with Crippen LogP contribution in [0, 0.1) is 0 Å². The van der Waals surface area contributed by atoms with Crippen LogP contribution in [0.3, 0.4) is 0 Å². The third-order valence-corrected chi connectivity index (χ3v) is 1.37. The van der Waals surface area contributed by atoms with Crippen LogP contribution < -0.4 is 0 Å². The van der Waals surface area contributed by atoms with E-state index in [4.69, 9.17) is 17.4 Å². The lowest BCUT2D eigenvalue weighted by Gasteiger charge is -2.17. The number of hydrogen-bond acceptors (Lipinski definition) is 2. The summed E-state index contributed by atoms with van der Waals surface area (Å²) in [6.07, 6.45) is 4.57. The molecular weight excluding hydrogens is 146 g/mol. The highest BCUT2D eigenvalue weighted by Crippen LogP contribution is 1.99. The molecular formula is C7H11NOS. The van der Waals surface area contributed by atoms with Crippen molar-refractivity contribution < 1.29 is 5.21 Å². The quantitative estimate of drug-likeness (QED) is 0.428. The van der Waals surface area contributed by atoms with Gasteiger partial charge < -0.3 is 0 Å². The Morgan fingerprint density at radius 2 is 2.20 bits per heavy atom. The van der Waals surface area contributed by atoms with Gasteiger partial charge in [-0.05, 0) is 12.5 Å². The van der Waals surface area contributed by atoms with Gasteiger partial charge in [0, 0.05) is 6.54 Å². The zero-order valence-electron chi connectivity index (χ0n) is 5.79. The van der Waals surface area contributed by atoms with Gasteiger partial charge in [-0.1, -0.05) is 18.3 Å². The van der Waals surface area contributed by atoms with Crippen LogP contribution in [0.4, 0.5) is 0 Å². The Morgan fingerprint density at radius 3 is 2.50 bits per heavy atom. The SMILES string of the molecule is C=C.ON1CCC=CC1=S. The molecule has 1 N–H and O–H groups in total. The molecule has 0 spiro atoms. The van der Waals surface area contributed by atoms with Gasteiger partial charge in [0.1, 0.15) is 4.99 Å². The normalized spacial score (nSPS) is 16.1. The van der Waals surface area contributed by atoms with Gasteiger partial charge >= 0.3 is 0 Å². The maximum absolute atomic E-state index is 8.82. The summed E-state index contributed by atoms with van der Waals surface area (Å²) in [4.78, 5) is 0.510. The average molecular weight is 157 g/mol. The molecule has 2 nitrogen and oxygen atoms in total. The summed E-state index contributed by atoms with van der Waals surface area (Å²) in [5.41, 5.74) is 0. The van der Waals surface area contributed by atoms with E-state index in [1.807, 2.05) is 6.08 Å². The van der Waals surface area contributed by atoms with Gasteiger partial charge in [0.25, 0.3) is 0 Å². The van der Waals surface area contributed by atoms with E-state index in [9.17, 15) is 0 Å². The van der Waals surface area contributed by atoms with Crippen molar-refractivity contribution in [1.29, 1.82) is 0 Å². The molecule has 56 valence electrons. The topological polar surface area (TPSA) is 23.5 Å². The molecule has 0 aromatic carbocycles. The molecule has 1 heterocycles. The molecule has 0 atom stereocenters. The van der Waals surface area contributed by atoms with Crippen molar-refractivity contribution in [3.05, 3.63) is 25.3 Å². The van der Waals surface area contributed by atoms with Crippen molar-refractivity contribution in [3.8, 4) is 0 Å². The van der Waals surface area contributed by atoms with Crippen LogP contribution >= 0.6 is 12.2 Å². The Kier molecular flexibility index (Phi) is 4.80. The van der Waals surface area contributed by atoms with E-state index in [0.717, 1.165) is 11.5 Å². The first kappa shape index (κ1) is 9.33. The molecule has 1 rings (SSSR count). The molecule has 0 aliphatic carbocycles. The second-order valence-electron chi connectivity index (χ2n) is 1.65. The van der Waals surface area contributed by atoms with E-state index in [0.29, 0.717) is 11.5 Å². The van der Waals surface area contributed by atoms with Crippen LogP contribution in [0.1, 0.15) is 6.42 Å². The molecule has 0 unspecified atom stereocenters. The van der Waals surface area contributed by atoms with Gasteiger partial charge in [-0.3, -0.25) is 5.21 Å². The fourth-order valence-corrected chi connectivity index (χ4v) is 0.765. The van der Waals surface area contributed by atoms with Crippen LogP contribution in [0.15, 0.2) is 25.3 Å². The number of thiocarbonyl (C=S) groups is 1. The van der Waals surface area contributed by atoms with E-state index in [-0.39, 0.29) is 0 Å². The minimum absolute atomic E-state index is 0.510. The summed E-state index contributed by atoms with van der Waals surface area (Å²) in [5.74, 6) is 0. The van der Waals surface area contributed by atoms with Crippen molar-refractivity contribution in [3.63, 3.8) is 0 Å². The van der Waals surface area contributed by atoms with Crippen molar-refractivity contribution in [2.75, 3.05) is 6.54 Å². The van der Waals surface area contributed by atoms with E-state index in [1.165, 1.54) is 0 Å². The summed E-state index contributed by atoms with van der Waals surface area (Å²) >= 11 is 4.72. The lowest BCUT2D eigenvalue weighted by Crippen LogP contribution is -2.27. The number of hydrogen-bond donors (Lipinski definition) is 1. The largest absolute Gasteiger partial charge is 0.288 e. The zero-order chi connectivity index (χ0) is 7.98. The number of nitrogens with zero attached hydrogens (tertiary/aromatic N) is 1. The monoisotopic (exact) mass is 157 g/mol. The van der Waals surface area contributed by atoms with Crippen molar-refractivity contribution in [2.45, 2.75) is 6.42 Å². The molecule has 1 aliphatic rings. The van der Waals surface area contributed by atoms with Gasteiger partial charge in [-0.25, -0.2) is 5.06 Å². The van der Waals surface area contributed by atoms with Crippen molar-refractivity contribution >= 4 is 17.2 Å². The standard InChI is InChI=1S/C5H7NOS.C2H4/c7-6-4-2-1-3-5(6)8;1-2/h1,3,7H,2,4H2;1-2H2. The van der Waals surface area contributed by atoms with Crippen LogP contribution in [0.25, 0.3) is 0 Å². The Bertz CT molecular complexity index is 145.